The molecule has 0 saturated carbocycles. The van der Waals surface area contributed by atoms with Gasteiger partial charge in [0.25, 0.3) is 5.91 Å². The molecule has 4 rings (SSSR count). The Morgan fingerprint density at radius 2 is 1.72 bits per heavy atom. The highest BCUT2D eigenvalue weighted by Crippen LogP contribution is 2.32. The van der Waals surface area contributed by atoms with Gasteiger partial charge in [-0.2, -0.15) is 13.2 Å². The van der Waals surface area contributed by atoms with Crippen LogP contribution in [0.5, 0.6) is 0 Å². The third kappa shape index (κ3) is 5.53. The van der Waals surface area contributed by atoms with Gasteiger partial charge in [-0.3, -0.25) is 9.69 Å². The summed E-state index contributed by atoms with van der Waals surface area (Å²) in [6.07, 6.45) is -3.81. The highest BCUT2D eigenvalue weighted by atomic mass is 19.4. The number of nitrogens with zero attached hydrogens (tertiary/aromatic N) is 2. The fourth-order valence-corrected chi connectivity index (χ4v) is 4.29. The summed E-state index contributed by atoms with van der Waals surface area (Å²) < 4.78 is 39.3. The fourth-order valence-electron chi connectivity index (χ4n) is 4.29. The van der Waals surface area contributed by atoms with Crippen LogP contribution in [0.2, 0.25) is 0 Å². The van der Waals surface area contributed by atoms with Crippen LogP contribution in [-0.4, -0.2) is 29.9 Å². The molecule has 5 nitrogen and oxygen atoms in total. The zero-order chi connectivity index (χ0) is 26.0. The fraction of sp³-hybridized carbons (Fsp3) is 0.286. The van der Waals surface area contributed by atoms with E-state index in [-0.39, 0.29) is 11.6 Å². The van der Waals surface area contributed by atoms with Crippen LogP contribution < -0.4 is 10.2 Å². The van der Waals surface area contributed by atoms with Gasteiger partial charge in [0.2, 0.25) is 0 Å². The lowest BCUT2D eigenvalue weighted by atomic mass is 10.1. The zero-order valence-electron chi connectivity index (χ0n) is 20.4. The van der Waals surface area contributed by atoms with Crippen LogP contribution in [0.3, 0.4) is 0 Å². The second-order valence-electron chi connectivity index (χ2n) is 9.18. The van der Waals surface area contributed by atoms with E-state index < -0.39 is 17.6 Å². The number of rotatable bonds is 5. The Labute approximate surface area is 208 Å². The molecule has 0 unspecified atom stereocenters. The molecule has 1 saturated heterocycles. The number of alkyl halides is 3. The normalized spacial score (nSPS) is 14.2. The number of carbonyl (C=O) groups excluding carboxylic acids is 2. The molecule has 3 amide bonds. The summed E-state index contributed by atoms with van der Waals surface area (Å²) in [5.41, 5.74) is 4.10. The highest BCUT2D eigenvalue weighted by molar-refractivity contribution is 6.07. The maximum Gasteiger partial charge on any atom is 0.416 e. The van der Waals surface area contributed by atoms with Gasteiger partial charge < -0.3 is 10.2 Å². The Bertz CT molecular complexity index is 1300. The first kappa shape index (κ1) is 25.3. The van der Waals surface area contributed by atoms with Crippen molar-refractivity contribution in [2.75, 3.05) is 23.3 Å². The van der Waals surface area contributed by atoms with Gasteiger partial charge >= 0.3 is 12.2 Å². The van der Waals surface area contributed by atoms with Crippen LogP contribution >= 0.6 is 0 Å². The Morgan fingerprint density at radius 1 is 0.944 bits per heavy atom. The van der Waals surface area contributed by atoms with Crippen molar-refractivity contribution >= 4 is 23.3 Å². The number of anilines is 2. The summed E-state index contributed by atoms with van der Waals surface area (Å²) in [7, 11) is 0. The molecule has 0 aliphatic carbocycles. The van der Waals surface area contributed by atoms with Crippen LogP contribution in [0.4, 0.5) is 29.3 Å². The monoisotopic (exact) mass is 495 g/mol. The zero-order valence-corrected chi connectivity index (χ0v) is 20.4. The average molecular weight is 496 g/mol. The van der Waals surface area contributed by atoms with Crippen LogP contribution in [0.15, 0.2) is 60.7 Å². The van der Waals surface area contributed by atoms with Crippen molar-refractivity contribution in [3.05, 3.63) is 94.0 Å². The summed E-state index contributed by atoms with van der Waals surface area (Å²) in [6.45, 7) is 7.47. The predicted octanol–water partition coefficient (Wildman–Crippen LogP) is 6.72. The molecule has 3 aromatic carbocycles. The topological polar surface area (TPSA) is 52.6 Å². The average Bonchev–Trinajstić information content (AvgIpc) is 2.83. The van der Waals surface area contributed by atoms with Crippen molar-refractivity contribution < 1.29 is 22.8 Å². The first-order valence-corrected chi connectivity index (χ1v) is 11.7. The van der Waals surface area contributed by atoms with Crippen molar-refractivity contribution in [2.45, 2.75) is 39.9 Å². The van der Waals surface area contributed by atoms with Gasteiger partial charge in [-0.25, -0.2) is 4.79 Å². The number of hydrogen-bond acceptors (Lipinski definition) is 2. The minimum absolute atomic E-state index is 0.112. The van der Waals surface area contributed by atoms with Crippen molar-refractivity contribution in [3.8, 4) is 0 Å². The number of benzene rings is 3. The Kier molecular flexibility index (Phi) is 7.06. The molecule has 0 bridgehead atoms. The van der Waals surface area contributed by atoms with E-state index in [2.05, 4.69) is 11.4 Å². The number of amides is 3. The Balaban J connectivity index is 1.58. The molecule has 1 N–H and O–H groups in total. The van der Waals surface area contributed by atoms with Crippen LogP contribution in [-0.2, 0) is 12.7 Å². The van der Waals surface area contributed by atoms with E-state index in [9.17, 15) is 22.8 Å². The molecule has 3 aromatic rings. The second-order valence-corrected chi connectivity index (χ2v) is 9.18. The van der Waals surface area contributed by atoms with Crippen molar-refractivity contribution in [3.63, 3.8) is 0 Å². The van der Waals surface area contributed by atoms with Crippen LogP contribution in [0.25, 0.3) is 0 Å². The molecule has 1 aliphatic rings. The molecule has 0 radical (unpaired) electrons. The highest BCUT2D eigenvalue weighted by Gasteiger charge is 2.31. The van der Waals surface area contributed by atoms with E-state index in [0.29, 0.717) is 31.0 Å². The molecule has 0 atom stereocenters. The SMILES string of the molecule is Cc1ccc(N2CCCN(Cc3ccc(C)c(C)c3)C2=O)c(NC(=O)c2cccc(C(F)(F)F)c2)c1. The van der Waals surface area contributed by atoms with Crippen LogP contribution in [0.1, 0.15) is 44.6 Å². The van der Waals surface area contributed by atoms with Crippen molar-refractivity contribution in [1.29, 1.82) is 0 Å². The lowest BCUT2D eigenvalue weighted by molar-refractivity contribution is -0.137. The summed E-state index contributed by atoms with van der Waals surface area (Å²) >= 11 is 0. The Morgan fingerprint density at radius 3 is 2.44 bits per heavy atom. The van der Waals surface area contributed by atoms with E-state index in [0.717, 1.165) is 35.2 Å². The van der Waals surface area contributed by atoms with Gasteiger partial charge in [0.05, 0.1) is 16.9 Å². The predicted molar refractivity (Wildman–Crippen MR) is 134 cm³/mol. The molecule has 36 heavy (non-hydrogen) atoms. The maximum atomic E-state index is 13.4. The summed E-state index contributed by atoms with van der Waals surface area (Å²) in [5, 5.41) is 2.72. The van der Waals surface area contributed by atoms with Gasteiger partial charge in [0, 0.05) is 25.2 Å². The molecule has 0 aromatic heterocycles. The van der Waals surface area contributed by atoms with Gasteiger partial charge in [-0.15, -0.1) is 0 Å². The van der Waals surface area contributed by atoms with Gasteiger partial charge in [-0.05, 0) is 79.8 Å². The third-order valence-electron chi connectivity index (χ3n) is 6.40. The van der Waals surface area contributed by atoms with E-state index in [1.165, 1.54) is 17.7 Å². The maximum absolute atomic E-state index is 13.4. The van der Waals surface area contributed by atoms with Gasteiger partial charge in [-0.1, -0.05) is 30.3 Å². The smallest absolute Gasteiger partial charge is 0.320 e. The van der Waals surface area contributed by atoms with E-state index in [1.807, 2.05) is 39.0 Å². The molecule has 0 spiro atoms. The molecule has 1 fully saturated rings. The molecular formula is C28H28F3N3O2. The molecule has 1 aliphatic heterocycles. The summed E-state index contributed by atoms with van der Waals surface area (Å²) in [6, 6.07) is 15.5. The third-order valence-corrected chi connectivity index (χ3v) is 6.40. The quantitative estimate of drug-likeness (QED) is 0.427. The molecule has 8 heteroatoms. The van der Waals surface area contributed by atoms with E-state index in [4.69, 9.17) is 0 Å². The van der Waals surface area contributed by atoms with Crippen molar-refractivity contribution in [1.82, 2.24) is 4.90 Å². The largest absolute Gasteiger partial charge is 0.416 e. The first-order valence-electron chi connectivity index (χ1n) is 11.7. The number of nitrogens with one attached hydrogen (secondary N) is 1. The van der Waals surface area contributed by atoms with Crippen LogP contribution in [0, 0.1) is 20.8 Å². The lowest BCUT2D eigenvalue weighted by Crippen LogP contribution is -2.49. The first-order chi connectivity index (χ1) is 17.0. The lowest BCUT2D eigenvalue weighted by Gasteiger charge is -2.36. The molecule has 1 heterocycles. The summed E-state index contributed by atoms with van der Waals surface area (Å²) in [5.74, 6) is -0.676. The molecule has 188 valence electrons. The minimum Gasteiger partial charge on any atom is -0.320 e. The number of halogens is 3. The minimum atomic E-state index is -4.55. The van der Waals surface area contributed by atoms with Crippen molar-refractivity contribution in [2.24, 2.45) is 0 Å². The van der Waals surface area contributed by atoms with Gasteiger partial charge in [0.15, 0.2) is 0 Å². The van der Waals surface area contributed by atoms with Gasteiger partial charge in [0.1, 0.15) is 0 Å². The standard InChI is InChI=1S/C28H28F3N3O2/c1-18-8-11-25(24(14-18)32-26(35)22-6-4-7-23(16-22)28(29,30)31)34-13-5-12-33(27(34)36)17-21-10-9-19(2)20(3)15-21/h4,6-11,14-16H,5,12-13,17H2,1-3H3,(H,32,35). The van der Waals surface area contributed by atoms with E-state index in [1.54, 1.807) is 21.9 Å². The summed E-state index contributed by atoms with van der Waals surface area (Å²) in [4.78, 5) is 29.7. The number of carbonyl (C=O) groups is 2. The molecular weight excluding hydrogens is 467 g/mol. The second kappa shape index (κ2) is 10.0. The number of hydrogen-bond donors (Lipinski definition) is 1. The van der Waals surface area contributed by atoms with E-state index >= 15 is 0 Å². The number of aryl methyl sites for hydroxylation is 3. The Hall–Kier alpha value is -3.81. The number of urea groups is 1.